The second-order valence-electron chi connectivity index (χ2n) is 3.73. The molecule has 0 aliphatic rings. The molecule has 0 amide bonds. The van der Waals surface area contributed by atoms with Crippen molar-refractivity contribution in [3.05, 3.63) is 0 Å². The summed E-state index contributed by atoms with van der Waals surface area (Å²) in [5, 5.41) is 9.82. The van der Waals surface area contributed by atoms with Crippen molar-refractivity contribution < 1.29 is 14.6 Å². The summed E-state index contributed by atoms with van der Waals surface area (Å²) >= 11 is 0. The van der Waals surface area contributed by atoms with Crippen LogP contribution in [-0.2, 0) is 9.53 Å². The number of hydrogen-bond donors (Lipinski definition) is 1. The van der Waals surface area contributed by atoms with E-state index in [-0.39, 0.29) is 12.5 Å². The number of hydrogen-bond acceptors (Lipinski definition) is 4. The van der Waals surface area contributed by atoms with Crippen LogP contribution in [0.1, 0.15) is 27.2 Å². The number of carbonyl (C=O) groups excluding carboxylic acids is 1. The number of ether oxygens (including phenoxy) is 1. The molecule has 0 bridgehead atoms. The second kappa shape index (κ2) is 5.98. The third-order valence-corrected chi connectivity index (χ3v) is 2.35. The van der Waals surface area contributed by atoms with Gasteiger partial charge in [-0.2, -0.15) is 0 Å². The van der Waals surface area contributed by atoms with Gasteiger partial charge in [0.05, 0.1) is 19.3 Å². The van der Waals surface area contributed by atoms with E-state index in [1.165, 1.54) is 7.11 Å². The van der Waals surface area contributed by atoms with E-state index in [0.717, 1.165) is 6.54 Å². The highest BCUT2D eigenvalue weighted by molar-refractivity contribution is 5.71. The van der Waals surface area contributed by atoms with Crippen molar-refractivity contribution in [3.63, 3.8) is 0 Å². The van der Waals surface area contributed by atoms with Crippen LogP contribution in [0.5, 0.6) is 0 Å². The van der Waals surface area contributed by atoms with Crippen molar-refractivity contribution in [2.45, 2.75) is 32.8 Å². The fraction of sp³-hybridized carbons (Fsp3) is 0.900. The lowest BCUT2D eigenvalue weighted by Gasteiger charge is -2.29. The number of aliphatic hydroxyl groups is 1. The van der Waals surface area contributed by atoms with Crippen molar-refractivity contribution >= 4 is 5.97 Å². The minimum absolute atomic E-state index is 0.239. The normalized spacial score (nSPS) is 15.3. The van der Waals surface area contributed by atoms with Crippen LogP contribution in [0, 0.1) is 0 Å². The molecule has 0 saturated heterocycles. The summed E-state index contributed by atoms with van der Waals surface area (Å²) in [4.78, 5) is 12.9. The molecule has 0 rings (SSSR count). The summed E-state index contributed by atoms with van der Waals surface area (Å²) in [7, 11) is 1.37. The summed E-state index contributed by atoms with van der Waals surface area (Å²) in [6, 6.07) is 0. The number of esters is 1. The van der Waals surface area contributed by atoms with Crippen molar-refractivity contribution in [1.82, 2.24) is 4.90 Å². The molecule has 0 heterocycles. The van der Waals surface area contributed by atoms with Crippen molar-refractivity contribution in [2.24, 2.45) is 0 Å². The zero-order valence-electron chi connectivity index (χ0n) is 9.54. The zero-order chi connectivity index (χ0) is 11.2. The maximum absolute atomic E-state index is 11.0. The topological polar surface area (TPSA) is 49.8 Å². The largest absolute Gasteiger partial charge is 0.468 e. The third kappa shape index (κ3) is 5.19. The molecule has 1 unspecified atom stereocenters. The van der Waals surface area contributed by atoms with Crippen LogP contribution >= 0.6 is 0 Å². The number of rotatable bonds is 6. The molecule has 0 radical (unpaired) electrons. The average molecular weight is 203 g/mol. The molecule has 0 aliphatic heterocycles. The Bertz CT molecular complexity index is 180. The average Bonchev–Trinajstić information content (AvgIpc) is 2.16. The van der Waals surface area contributed by atoms with E-state index in [0.29, 0.717) is 13.0 Å². The van der Waals surface area contributed by atoms with Gasteiger partial charge in [-0.25, -0.2) is 0 Å². The molecule has 0 aromatic rings. The van der Waals surface area contributed by atoms with Crippen LogP contribution in [0.2, 0.25) is 0 Å². The van der Waals surface area contributed by atoms with E-state index in [1.807, 2.05) is 18.7 Å². The number of carbonyl (C=O) groups is 1. The van der Waals surface area contributed by atoms with Gasteiger partial charge in [-0.15, -0.1) is 0 Å². The van der Waals surface area contributed by atoms with Gasteiger partial charge in [0.15, 0.2) is 0 Å². The molecule has 14 heavy (non-hydrogen) atoms. The molecule has 0 aromatic carbocycles. The monoisotopic (exact) mass is 203 g/mol. The van der Waals surface area contributed by atoms with Gasteiger partial charge in [-0.1, -0.05) is 13.8 Å². The fourth-order valence-electron chi connectivity index (χ4n) is 1.12. The van der Waals surface area contributed by atoms with Gasteiger partial charge in [0.25, 0.3) is 0 Å². The summed E-state index contributed by atoms with van der Waals surface area (Å²) in [6.45, 7) is 7.11. The molecular formula is C10H21NO3. The Hall–Kier alpha value is -0.610. The Morgan fingerprint density at radius 1 is 1.50 bits per heavy atom. The molecule has 0 aromatic heterocycles. The van der Waals surface area contributed by atoms with E-state index >= 15 is 0 Å². The minimum atomic E-state index is -0.732. The fourth-order valence-corrected chi connectivity index (χ4v) is 1.12. The molecule has 4 nitrogen and oxygen atoms in total. The van der Waals surface area contributed by atoms with Crippen LogP contribution < -0.4 is 0 Å². The van der Waals surface area contributed by atoms with Crippen molar-refractivity contribution in [2.75, 3.05) is 26.7 Å². The highest BCUT2D eigenvalue weighted by atomic mass is 16.5. The van der Waals surface area contributed by atoms with Crippen LogP contribution in [0.3, 0.4) is 0 Å². The zero-order valence-corrected chi connectivity index (χ0v) is 9.54. The summed E-state index contributed by atoms with van der Waals surface area (Å²) in [5.74, 6) is -0.265. The number of nitrogens with zero attached hydrogens (tertiary/aromatic N) is 1. The van der Waals surface area contributed by atoms with E-state index in [2.05, 4.69) is 4.74 Å². The molecule has 4 heteroatoms. The summed E-state index contributed by atoms with van der Waals surface area (Å²) in [5.41, 5.74) is -0.732. The van der Waals surface area contributed by atoms with Crippen molar-refractivity contribution in [1.29, 1.82) is 0 Å². The predicted octanol–water partition coefficient (Wildman–Crippen LogP) is 0.642. The smallest absolute Gasteiger partial charge is 0.319 e. The van der Waals surface area contributed by atoms with Gasteiger partial charge < -0.3 is 9.84 Å². The number of methoxy groups -OCH3 is 1. The Morgan fingerprint density at radius 3 is 2.43 bits per heavy atom. The molecule has 0 spiro atoms. The van der Waals surface area contributed by atoms with E-state index in [9.17, 15) is 9.90 Å². The van der Waals surface area contributed by atoms with Crippen LogP contribution in [0.4, 0.5) is 0 Å². The molecular weight excluding hydrogens is 182 g/mol. The highest BCUT2D eigenvalue weighted by Crippen LogP contribution is 2.10. The molecule has 1 atom stereocenters. The second-order valence-corrected chi connectivity index (χ2v) is 3.73. The first-order chi connectivity index (χ1) is 6.45. The van der Waals surface area contributed by atoms with E-state index in [4.69, 9.17) is 0 Å². The Kier molecular flexibility index (Phi) is 5.72. The van der Waals surface area contributed by atoms with E-state index in [1.54, 1.807) is 6.92 Å². The molecule has 0 fully saturated rings. The van der Waals surface area contributed by atoms with Crippen molar-refractivity contribution in [3.8, 4) is 0 Å². The highest BCUT2D eigenvalue weighted by Gasteiger charge is 2.22. The molecule has 1 N–H and O–H groups in total. The quantitative estimate of drug-likeness (QED) is 0.644. The van der Waals surface area contributed by atoms with Gasteiger partial charge in [0, 0.05) is 6.54 Å². The molecule has 0 aliphatic carbocycles. The molecule has 84 valence electrons. The van der Waals surface area contributed by atoms with Gasteiger partial charge in [0.1, 0.15) is 0 Å². The van der Waals surface area contributed by atoms with Crippen LogP contribution in [0.25, 0.3) is 0 Å². The Labute approximate surface area is 85.9 Å². The maximum Gasteiger partial charge on any atom is 0.319 e. The van der Waals surface area contributed by atoms with Crippen LogP contribution in [-0.4, -0.2) is 48.3 Å². The SMILES string of the molecule is CCN(CC(=O)OC)CC(C)(O)CC. The molecule has 0 saturated carbocycles. The van der Waals surface area contributed by atoms with E-state index < -0.39 is 5.60 Å². The first-order valence-corrected chi connectivity index (χ1v) is 4.96. The lowest BCUT2D eigenvalue weighted by molar-refractivity contribution is -0.142. The number of likely N-dealkylation sites (N-methyl/N-ethyl adjacent to an activating group) is 1. The summed E-state index contributed by atoms with van der Waals surface area (Å²) in [6.07, 6.45) is 0.671. The lowest BCUT2D eigenvalue weighted by atomic mass is 10.0. The van der Waals surface area contributed by atoms with Crippen LogP contribution in [0.15, 0.2) is 0 Å². The first kappa shape index (κ1) is 13.4. The Balaban J connectivity index is 4.09. The van der Waals surface area contributed by atoms with Gasteiger partial charge in [-0.3, -0.25) is 9.69 Å². The first-order valence-electron chi connectivity index (χ1n) is 4.96. The van der Waals surface area contributed by atoms with Gasteiger partial charge in [0.2, 0.25) is 0 Å². The van der Waals surface area contributed by atoms with Gasteiger partial charge >= 0.3 is 5.97 Å². The maximum atomic E-state index is 11.0. The summed E-state index contributed by atoms with van der Waals surface area (Å²) < 4.78 is 4.57. The standard InChI is InChI=1S/C10H21NO3/c1-5-10(3,13)8-11(6-2)7-9(12)14-4/h13H,5-8H2,1-4H3. The predicted molar refractivity (Wildman–Crippen MR) is 55.0 cm³/mol. The third-order valence-electron chi connectivity index (χ3n) is 2.35. The minimum Gasteiger partial charge on any atom is -0.468 e. The van der Waals surface area contributed by atoms with Gasteiger partial charge in [-0.05, 0) is 19.9 Å². The lowest BCUT2D eigenvalue weighted by Crippen LogP contribution is -2.42. The Morgan fingerprint density at radius 2 is 2.07 bits per heavy atom.